The number of carbonyl (C=O) groups excluding carboxylic acids is 2. The van der Waals surface area contributed by atoms with Crippen LogP contribution in [0.1, 0.15) is 40.1 Å². The van der Waals surface area contributed by atoms with Crippen molar-refractivity contribution in [2.45, 2.75) is 24.9 Å². The fraction of sp³-hybridized carbons (Fsp3) is 0.296. The highest BCUT2D eigenvalue weighted by molar-refractivity contribution is 6.01. The largest absolute Gasteiger partial charge is 0.497 e. The van der Waals surface area contributed by atoms with Crippen LogP contribution < -0.4 is 19.9 Å². The normalized spacial score (nSPS) is 16.3. The molecule has 11 heteroatoms. The first-order valence-electron chi connectivity index (χ1n) is 12.2. The molecular weight excluding hydrogens is 490 g/mol. The maximum atomic E-state index is 13.4. The van der Waals surface area contributed by atoms with Gasteiger partial charge < -0.3 is 19.1 Å². The van der Waals surface area contributed by atoms with Gasteiger partial charge in [-0.3, -0.25) is 14.6 Å². The minimum Gasteiger partial charge on any atom is -0.497 e. The molecule has 2 N–H and O–H groups in total. The number of Topliss-reactive ketones (excluding diaryl/α,β-unsaturated/α-hetero) is 1. The summed E-state index contributed by atoms with van der Waals surface area (Å²) in [5, 5.41) is 7.01. The molecular formula is C27H25N5O6. The van der Waals surface area contributed by atoms with Gasteiger partial charge in [0.15, 0.2) is 11.6 Å². The number of nitrogens with one attached hydrogen (secondary N) is 2. The predicted molar refractivity (Wildman–Crippen MR) is 137 cm³/mol. The number of rotatable bonds is 4. The highest BCUT2D eigenvalue weighted by Gasteiger charge is 2.44. The van der Waals surface area contributed by atoms with Gasteiger partial charge in [-0.1, -0.05) is 0 Å². The number of fused-ring (bicyclic) bond motifs is 2. The summed E-state index contributed by atoms with van der Waals surface area (Å²) in [4.78, 5) is 46.8. The van der Waals surface area contributed by atoms with E-state index < -0.39 is 11.3 Å². The number of likely N-dealkylation sites (tertiary alicyclic amines) is 1. The smallest absolute Gasteiger partial charge is 0.340 e. The first-order valence-corrected chi connectivity index (χ1v) is 12.2. The number of methoxy groups -OCH3 is 2. The van der Waals surface area contributed by atoms with Gasteiger partial charge in [0.05, 0.1) is 31.7 Å². The molecule has 1 spiro atoms. The van der Waals surface area contributed by atoms with Gasteiger partial charge in [-0.25, -0.2) is 14.9 Å². The van der Waals surface area contributed by atoms with Gasteiger partial charge in [0.2, 0.25) is 0 Å². The number of benzene rings is 2. The average molecular weight is 516 g/mol. The van der Waals surface area contributed by atoms with E-state index in [2.05, 4.69) is 20.2 Å². The van der Waals surface area contributed by atoms with Crippen LogP contribution in [0.4, 0.5) is 0 Å². The van der Waals surface area contributed by atoms with E-state index in [0.29, 0.717) is 71.3 Å². The number of carbonyl (C=O) groups is 2. The third-order valence-electron chi connectivity index (χ3n) is 7.24. The molecule has 1 fully saturated rings. The summed E-state index contributed by atoms with van der Waals surface area (Å²) >= 11 is 0. The Hall–Kier alpha value is -4.67. The minimum atomic E-state index is -0.673. The number of piperidine rings is 1. The lowest BCUT2D eigenvalue weighted by Crippen LogP contribution is -2.52. The van der Waals surface area contributed by atoms with Gasteiger partial charge in [-0.2, -0.15) is 5.10 Å². The van der Waals surface area contributed by atoms with Crippen LogP contribution in [0.5, 0.6) is 17.2 Å². The quantitative estimate of drug-likeness (QED) is 0.423. The minimum absolute atomic E-state index is 0.0397. The van der Waals surface area contributed by atoms with Crippen LogP contribution in [0.2, 0.25) is 0 Å². The van der Waals surface area contributed by atoms with Crippen LogP contribution in [0.15, 0.2) is 47.3 Å². The summed E-state index contributed by atoms with van der Waals surface area (Å²) in [7, 11) is 3.14. The van der Waals surface area contributed by atoms with E-state index in [1.807, 2.05) is 6.07 Å². The number of nitrogens with zero attached hydrogens (tertiary/aromatic N) is 3. The second-order valence-corrected chi connectivity index (χ2v) is 9.51. The van der Waals surface area contributed by atoms with E-state index in [1.54, 1.807) is 55.5 Å². The SMILES string of the molecule is COc1ccc2nc(C(=O)N3CCC4(CC3)CC(=O)c3cc(-c5n[nH]c(=O)[nH]5)ccc3O4)cc(OC)c2c1. The molecule has 38 heavy (non-hydrogen) atoms. The van der Waals surface area contributed by atoms with Gasteiger partial charge in [0.25, 0.3) is 5.91 Å². The second kappa shape index (κ2) is 9.02. The summed E-state index contributed by atoms with van der Waals surface area (Å²) in [6.45, 7) is 0.858. The van der Waals surface area contributed by atoms with Gasteiger partial charge >= 0.3 is 5.69 Å². The Morgan fingerprint density at radius 1 is 1.05 bits per heavy atom. The van der Waals surface area contributed by atoms with Crippen LogP contribution in [-0.4, -0.2) is 69.7 Å². The molecule has 4 aromatic rings. The zero-order valence-corrected chi connectivity index (χ0v) is 20.9. The van der Waals surface area contributed by atoms with Gasteiger partial charge in [0, 0.05) is 42.9 Å². The Morgan fingerprint density at radius 3 is 2.58 bits per heavy atom. The first kappa shape index (κ1) is 23.7. The van der Waals surface area contributed by atoms with Crippen molar-refractivity contribution in [1.82, 2.24) is 25.1 Å². The van der Waals surface area contributed by atoms with Crippen molar-refractivity contribution in [3.63, 3.8) is 0 Å². The summed E-state index contributed by atoms with van der Waals surface area (Å²) < 4.78 is 17.2. The molecule has 1 saturated heterocycles. The molecule has 0 aliphatic carbocycles. The number of amides is 1. The van der Waals surface area contributed by atoms with Gasteiger partial charge in [-0.15, -0.1) is 0 Å². The summed E-state index contributed by atoms with van der Waals surface area (Å²) in [6, 6.07) is 12.2. The molecule has 2 aliphatic heterocycles. The Balaban J connectivity index is 1.19. The van der Waals surface area contributed by atoms with Crippen LogP contribution in [-0.2, 0) is 0 Å². The lowest BCUT2D eigenvalue weighted by atomic mass is 9.82. The van der Waals surface area contributed by atoms with Crippen molar-refractivity contribution >= 4 is 22.6 Å². The standard InChI is InChI=1S/C27H25N5O6/c1-36-16-4-5-19-17(12-16)23(37-2)13-20(28-19)25(34)32-9-7-27(8-10-32)14-21(33)18-11-15(3-6-22(18)38-27)24-29-26(35)31-30-24/h3-6,11-13H,7-10,14H2,1-2H3,(H2,29,30,31,35). The predicted octanol–water partition coefficient (Wildman–Crippen LogP) is 2.97. The lowest BCUT2D eigenvalue weighted by molar-refractivity contribution is -0.00583. The number of aromatic nitrogens is 4. The van der Waals surface area contributed by atoms with Crippen LogP contribution in [0, 0.1) is 0 Å². The third kappa shape index (κ3) is 4.05. The number of pyridine rings is 1. The van der Waals surface area contributed by atoms with Crippen molar-refractivity contribution < 1.29 is 23.8 Å². The van der Waals surface area contributed by atoms with Crippen molar-refractivity contribution in [2.24, 2.45) is 0 Å². The molecule has 2 aliphatic rings. The number of aromatic amines is 2. The van der Waals surface area contributed by atoms with Crippen LogP contribution in [0.25, 0.3) is 22.3 Å². The monoisotopic (exact) mass is 515 g/mol. The Kier molecular flexibility index (Phi) is 5.63. The summed E-state index contributed by atoms with van der Waals surface area (Å²) in [6.07, 6.45) is 1.24. The topological polar surface area (TPSA) is 139 Å². The molecule has 11 nitrogen and oxygen atoms in total. The molecule has 6 rings (SSSR count). The van der Waals surface area contributed by atoms with Crippen molar-refractivity contribution in [3.05, 3.63) is 64.2 Å². The number of hydrogen-bond acceptors (Lipinski definition) is 8. The Labute approximate surface area is 216 Å². The maximum Gasteiger partial charge on any atom is 0.340 e. The molecule has 0 bridgehead atoms. The van der Waals surface area contributed by atoms with E-state index in [1.165, 1.54) is 0 Å². The number of ketones is 1. The van der Waals surface area contributed by atoms with Gasteiger partial charge in [0.1, 0.15) is 28.5 Å². The molecule has 0 radical (unpaired) electrons. The third-order valence-corrected chi connectivity index (χ3v) is 7.24. The van der Waals surface area contributed by atoms with Crippen molar-refractivity contribution in [2.75, 3.05) is 27.3 Å². The molecule has 0 atom stereocenters. The molecule has 0 unspecified atom stereocenters. The van der Waals surface area contributed by atoms with Crippen LogP contribution >= 0.6 is 0 Å². The highest BCUT2D eigenvalue weighted by atomic mass is 16.5. The molecule has 2 aromatic carbocycles. The van der Waals surface area contributed by atoms with Crippen LogP contribution in [0.3, 0.4) is 0 Å². The van der Waals surface area contributed by atoms with Gasteiger partial charge in [-0.05, 0) is 36.4 Å². The fourth-order valence-corrected chi connectivity index (χ4v) is 5.19. The Bertz CT molecular complexity index is 1630. The number of ether oxygens (including phenoxy) is 3. The number of hydrogen-bond donors (Lipinski definition) is 2. The molecule has 2 aromatic heterocycles. The van der Waals surface area contributed by atoms with Crippen molar-refractivity contribution in [1.29, 1.82) is 0 Å². The second-order valence-electron chi connectivity index (χ2n) is 9.51. The van der Waals surface area contributed by atoms with E-state index in [0.717, 1.165) is 5.39 Å². The zero-order valence-electron chi connectivity index (χ0n) is 20.9. The Morgan fingerprint density at radius 2 is 1.87 bits per heavy atom. The molecule has 1 amide bonds. The van der Waals surface area contributed by atoms with E-state index in [4.69, 9.17) is 14.2 Å². The zero-order chi connectivity index (χ0) is 26.4. The number of H-pyrrole nitrogens is 2. The summed E-state index contributed by atoms with van der Waals surface area (Å²) in [5.74, 6) is 1.84. The average Bonchev–Trinajstić information content (AvgIpc) is 3.38. The van der Waals surface area contributed by atoms with E-state index in [9.17, 15) is 14.4 Å². The first-order chi connectivity index (χ1) is 18.4. The molecule has 194 valence electrons. The lowest BCUT2D eigenvalue weighted by Gasteiger charge is -2.43. The molecule has 4 heterocycles. The van der Waals surface area contributed by atoms with E-state index >= 15 is 0 Å². The fourth-order valence-electron chi connectivity index (χ4n) is 5.19. The maximum absolute atomic E-state index is 13.4. The van der Waals surface area contributed by atoms with Crippen molar-refractivity contribution in [3.8, 4) is 28.6 Å². The molecule has 0 saturated carbocycles. The van der Waals surface area contributed by atoms with E-state index in [-0.39, 0.29) is 18.1 Å². The summed E-state index contributed by atoms with van der Waals surface area (Å²) in [5.41, 5.74) is 0.919. The highest BCUT2D eigenvalue weighted by Crippen LogP contribution is 2.41.